The normalized spacial score (nSPS) is 32.5. The smallest absolute Gasteiger partial charge is 0.0954 e. The van der Waals surface area contributed by atoms with E-state index in [9.17, 15) is 0 Å². The number of nitrogens with zero attached hydrogens (tertiary/aromatic N) is 2. The van der Waals surface area contributed by atoms with Crippen LogP contribution in [0.15, 0.2) is 0 Å². The Kier molecular flexibility index (Phi) is 4.25. The monoisotopic (exact) mass is 208 g/mol. The molecule has 0 aliphatic carbocycles. The third-order valence-electron chi connectivity index (χ3n) is 2.89. The first-order valence-electron chi connectivity index (χ1n) is 4.69. The summed E-state index contributed by atoms with van der Waals surface area (Å²) < 4.78 is 2.53. The fraction of sp³-hybridized carbons (Fsp3) is 1.00. The second kappa shape index (κ2) is 4.76. The molecule has 2 rings (SSSR count). The number of hydrogen-bond acceptors (Lipinski definition) is 2. The van der Waals surface area contributed by atoms with Crippen LogP contribution in [0.3, 0.4) is 0 Å². The van der Waals surface area contributed by atoms with Crippen molar-refractivity contribution in [3.63, 3.8) is 0 Å². The van der Waals surface area contributed by atoms with Crippen molar-refractivity contribution in [1.82, 2.24) is 9.57 Å². The van der Waals surface area contributed by atoms with E-state index in [-0.39, 0.29) is 12.4 Å². The summed E-state index contributed by atoms with van der Waals surface area (Å²) in [6.07, 6.45) is 6.46. The third kappa shape index (κ3) is 2.11. The standard InChI is InChI=1S/C8H17N2P.ClH/c11-10-7-3-4-8(10)9-5-1-2-6-9;/h8H,1-7,11H2;1H. The molecule has 0 bridgehead atoms. The van der Waals surface area contributed by atoms with Crippen LogP contribution in [-0.2, 0) is 0 Å². The fourth-order valence-electron chi connectivity index (χ4n) is 2.26. The van der Waals surface area contributed by atoms with Crippen LogP contribution in [0.2, 0.25) is 0 Å². The lowest BCUT2D eigenvalue weighted by molar-refractivity contribution is -0.00000236. The molecule has 0 N–H and O–H groups in total. The molecule has 2 aliphatic heterocycles. The molecule has 2 aliphatic rings. The largest absolute Gasteiger partial charge is 1.00 e. The molecule has 0 saturated carbocycles. The summed E-state index contributed by atoms with van der Waals surface area (Å²) in [5.41, 5.74) is 0. The average molecular weight is 209 g/mol. The zero-order valence-electron chi connectivity index (χ0n) is 7.51. The summed E-state index contributed by atoms with van der Waals surface area (Å²) in [4.78, 5) is 2.65. The summed E-state index contributed by atoms with van der Waals surface area (Å²) in [5.74, 6) is 0. The third-order valence-corrected chi connectivity index (χ3v) is 3.63. The summed E-state index contributed by atoms with van der Waals surface area (Å²) in [7, 11) is 2.06. The van der Waals surface area contributed by atoms with Gasteiger partial charge in [-0.3, -0.25) is 4.90 Å². The molecular formula is C8H18ClN2P. The molecule has 2 nitrogen and oxygen atoms in total. The first kappa shape index (κ1) is 10.7. The Balaban J connectivity index is 0.000000720. The second-order valence-corrected chi connectivity index (χ2v) is 4.49. The van der Waals surface area contributed by atoms with E-state index in [4.69, 9.17) is 0 Å². The summed E-state index contributed by atoms with van der Waals surface area (Å²) in [6, 6.07) is 0. The van der Waals surface area contributed by atoms with Gasteiger partial charge < -0.3 is 12.4 Å². The van der Waals surface area contributed by atoms with Crippen LogP contribution in [-0.4, -0.2) is 35.4 Å². The Morgan fingerprint density at radius 3 is 2.17 bits per heavy atom. The molecule has 0 radical (unpaired) electrons. The van der Waals surface area contributed by atoms with Gasteiger partial charge in [0.1, 0.15) is 0 Å². The van der Waals surface area contributed by atoms with Gasteiger partial charge in [0, 0.05) is 15.9 Å². The predicted molar refractivity (Wildman–Crippen MR) is 51.6 cm³/mol. The molecule has 0 aromatic heterocycles. The highest BCUT2D eigenvalue weighted by molar-refractivity contribution is 7.13. The number of halogens is 1. The maximum Gasteiger partial charge on any atom is 0.0954 e. The first-order chi connectivity index (χ1) is 5.38. The van der Waals surface area contributed by atoms with E-state index in [0.717, 1.165) is 6.17 Å². The molecule has 2 unspecified atom stereocenters. The topological polar surface area (TPSA) is 6.48 Å². The van der Waals surface area contributed by atoms with Gasteiger partial charge in [-0.25, -0.2) is 0 Å². The van der Waals surface area contributed by atoms with E-state index in [1.165, 1.54) is 45.3 Å². The summed E-state index contributed by atoms with van der Waals surface area (Å²) in [5, 5.41) is 0. The van der Waals surface area contributed by atoms with E-state index in [0.29, 0.717) is 0 Å². The zero-order valence-corrected chi connectivity index (χ0v) is 9.68. The lowest BCUT2D eigenvalue weighted by atomic mass is 10.3. The van der Waals surface area contributed by atoms with Crippen molar-refractivity contribution in [3.05, 3.63) is 0 Å². The molecule has 4 heteroatoms. The Morgan fingerprint density at radius 1 is 1.00 bits per heavy atom. The van der Waals surface area contributed by atoms with Crippen molar-refractivity contribution in [2.75, 3.05) is 19.6 Å². The number of rotatable bonds is 1. The Labute approximate surface area is 83.3 Å². The van der Waals surface area contributed by atoms with Gasteiger partial charge >= 0.3 is 0 Å². The van der Waals surface area contributed by atoms with Gasteiger partial charge in [-0.05, 0) is 38.8 Å². The Hall–Kier alpha value is 0.640. The van der Waals surface area contributed by atoms with Gasteiger partial charge in [0.2, 0.25) is 0 Å². The van der Waals surface area contributed by atoms with E-state index in [1.54, 1.807) is 0 Å². The van der Waals surface area contributed by atoms with Gasteiger partial charge in [-0.2, -0.15) is 4.67 Å². The molecule has 2 heterocycles. The minimum atomic E-state index is 0. The van der Waals surface area contributed by atoms with Crippen molar-refractivity contribution in [2.24, 2.45) is 0 Å². The highest BCUT2D eigenvalue weighted by atomic mass is 35.5. The lowest BCUT2D eigenvalue weighted by Crippen LogP contribution is -3.00. The summed E-state index contributed by atoms with van der Waals surface area (Å²) >= 11 is 0. The maximum atomic E-state index is 2.65. The van der Waals surface area contributed by atoms with Crippen LogP contribution in [0.25, 0.3) is 0 Å². The maximum absolute atomic E-state index is 2.65. The molecule has 72 valence electrons. The second-order valence-electron chi connectivity index (χ2n) is 3.68. The van der Waals surface area contributed by atoms with Gasteiger partial charge in [0.25, 0.3) is 0 Å². The van der Waals surface area contributed by atoms with E-state index in [2.05, 4.69) is 19.0 Å². The number of hydrogen-bond donors (Lipinski definition) is 0. The molecule has 0 spiro atoms. The van der Waals surface area contributed by atoms with Crippen LogP contribution in [0.1, 0.15) is 25.7 Å². The first-order valence-corrected chi connectivity index (χ1v) is 5.32. The molecule has 2 fully saturated rings. The van der Waals surface area contributed by atoms with Crippen molar-refractivity contribution in [2.45, 2.75) is 31.8 Å². The highest BCUT2D eigenvalue weighted by Crippen LogP contribution is 2.26. The molecule has 2 saturated heterocycles. The van der Waals surface area contributed by atoms with Crippen LogP contribution in [0.5, 0.6) is 0 Å². The highest BCUT2D eigenvalue weighted by Gasteiger charge is 2.31. The van der Waals surface area contributed by atoms with Gasteiger partial charge in [0.15, 0.2) is 0 Å². The van der Waals surface area contributed by atoms with E-state index >= 15 is 0 Å². The van der Waals surface area contributed by atoms with Crippen molar-refractivity contribution in [3.8, 4) is 0 Å². The Morgan fingerprint density at radius 2 is 1.67 bits per heavy atom. The van der Waals surface area contributed by atoms with Crippen molar-refractivity contribution in [1.29, 1.82) is 0 Å². The van der Waals surface area contributed by atoms with E-state index in [1.807, 2.05) is 0 Å². The van der Waals surface area contributed by atoms with E-state index < -0.39 is 0 Å². The average Bonchev–Trinajstić information content (AvgIpc) is 2.55. The Bertz CT molecular complexity index is 139. The lowest BCUT2D eigenvalue weighted by Gasteiger charge is -2.25. The van der Waals surface area contributed by atoms with Crippen LogP contribution in [0, 0.1) is 0 Å². The van der Waals surface area contributed by atoms with Crippen LogP contribution >= 0.6 is 9.39 Å². The molecule has 0 aromatic carbocycles. The number of likely N-dealkylation sites (tertiary alicyclic amines) is 1. The van der Waals surface area contributed by atoms with Crippen molar-refractivity contribution < 1.29 is 12.4 Å². The molecule has 0 aromatic rings. The molecular weight excluding hydrogens is 191 g/mol. The van der Waals surface area contributed by atoms with Gasteiger partial charge in [-0.15, -0.1) is 0 Å². The molecule has 2 atom stereocenters. The fourth-order valence-corrected chi connectivity index (χ4v) is 2.90. The molecule has 12 heavy (non-hydrogen) atoms. The summed E-state index contributed by atoms with van der Waals surface area (Å²) in [6.45, 7) is 4.01. The van der Waals surface area contributed by atoms with Crippen molar-refractivity contribution >= 4 is 9.39 Å². The van der Waals surface area contributed by atoms with Gasteiger partial charge in [0.05, 0.1) is 6.17 Å². The van der Waals surface area contributed by atoms with Crippen LogP contribution in [0.4, 0.5) is 0 Å². The minimum Gasteiger partial charge on any atom is -1.00 e. The minimum absolute atomic E-state index is 0. The molecule has 0 amide bonds. The van der Waals surface area contributed by atoms with Gasteiger partial charge in [-0.1, -0.05) is 0 Å². The zero-order chi connectivity index (χ0) is 7.68. The SMILES string of the molecule is [Cl-].[PH3+]N1CCCC1N1CCCC1. The predicted octanol–water partition coefficient (Wildman–Crippen LogP) is -1.97. The quantitative estimate of drug-likeness (QED) is 0.462. The van der Waals surface area contributed by atoms with Crippen LogP contribution < -0.4 is 12.4 Å².